The molecular weight excluding hydrogens is 175 g/mol. The SMILES string of the molecule is Bc1ccc(N2CCNCC2=O)cc1. The lowest BCUT2D eigenvalue weighted by Gasteiger charge is -2.27. The van der Waals surface area contributed by atoms with Crippen LogP contribution in [0.2, 0.25) is 0 Å². The number of piperazine rings is 1. The van der Waals surface area contributed by atoms with Crippen LogP contribution in [-0.2, 0) is 4.79 Å². The fraction of sp³-hybridized carbons (Fsp3) is 0.300. The largest absolute Gasteiger partial charge is 0.310 e. The fourth-order valence-electron chi connectivity index (χ4n) is 1.60. The summed E-state index contributed by atoms with van der Waals surface area (Å²) in [6.45, 7) is 2.09. The number of hydrogen-bond acceptors (Lipinski definition) is 2. The van der Waals surface area contributed by atoms with E-state index in [9.17, 15) is 4.79 Å². The zero-order chi connectivity index (χ0) is 9.97. The van der Waals surface area contributed by atoms with Crippen molar-refractivity contribution < 1.29 is 4.79 Å². The summed E-state index contributed by atoms with van der Waals surface area (Å²) in [5, 5.41) is 3.05. The van der Waals surface area contributed by atoms with Crippen molar-refractivity contribution >= 4 is 24.9 Å². The molecule has 14 heavy (non-hydrogen) atoms. The van der Waals surface area contributed by atoms with Crippen LogP contribution >= 0.6 is 0 Å². The molecule has 0 atom stereocenters. The Labute approximate surface area is 84.5 Å². The second-order valence-corrected chi connectivity index (χ2v) is 3.56. The molecule has 4 heteroatoms. The lowest BCUT2D eigenvalue weighted by atomic mass is 9.96. The van der Waals surface area contributed by atoms with Gasteiger partial charge in [0.2, 0.25) is 5.91 Å². The third kappa shape index (κ3) is 1.80. The molecule has 1 N–H and O–H groups in total. The van der Waals surface area contributed by atoms with Crippen molar-refractivity contribution in [3.63, 3.8) is 0 Å². The topological polar surface area (TPSA) is 32.3 Å². The predicted molar refractivity (Wildman–Crippen MR) is 59.8 cm³/mol. The minimum Gasteiger partial charge on any atom is -0.310 e. The number of carbonyl (C=O) groups excluding carboxylic acids is 1. The van der Waals surface area contributed by atoms with Crippen LogP contribution in [0.1, 0.15) is 0 Å². The van der Waals surface area contributed by atoms with Crippen LogP contribution in [0, 0.1) is 0 Å². The zero-order valence-corrected chi connectivity index (χ0v) is 8.29. The molecule has 1 fully saturated rings. The van der Waals surface area contributed by atoms with Gasteiger partial charge in [-0.3, -0.25) is 4.79 Å². The van der Waals surface area contributed by atoms with Crippen molar-refractivity contribution in [2.45, 2.75) is 0 Å². The van der Waals surface area contributed by atoms with Crippen LogP contribution in [-0.4, -0.2) is 33.4 Å². The van der Waals surface area contributed by atoms with Crippen LogP contribution in [0.4, 0.5) is 5.69 Å². The molecule has 0 aromatic heterocycles. The fourth-order valence-corrected chi connectivity index (χ4v) is 1.60. The molecule has 1 aromatic rings. The van der Waals surface area contributed by atoms with Gasteiger partial charge >= 0.3 is 0 Å². The van der Waals surface area contributed by atoms with Gasteiger partial charge in [-0.2, -0.15) is 0 Å². The van der Waals surface area contributed by atoms with Gasteiger partial charge in [0.15, 0.2) is 0 Å². The standard InChI is InChI=1S/C10H13BN2O/c11-8-1-3-9(4-2-8)13-6-5-12-7-10(13)14/h1-4,12H,5-7,11H2. The Morgan fingerprint density at radius 1 is 1.29 bits per heavy atom. The van der Waals surface area contributed by atoms with E-state index in [-0.39, 0.29) is 5.91 Å². The van der Waals surface area contributed by atoms with E-state index in [4.69, 9.17) is 0 Å². The lowest BCUT2D eigenvalue weighted by Crippen LogP contribution is -2.48. The highest BCUT2D eigenvalue weighted by atomic mass is 16.2. The van der Waals surface area contributed by atoms with Crippen LogP contribution in [0.5, 0.6) is 0 Å². The highest BCUT2D eigenvalue weighted by Gasteiger charge is 2.18. The first-order chi connectivity index (χ1) is 6.77. The summed E-state index contributed by atoms with van der Waals surface area (Å²) in [7, 11) is 2.05. The Balaban J connectivity index is 2.20. The van der Waals surface area contributed by atoms with Gasteiger partial charge < -0.3 is 10.2 Å². The Bertz CT molecular complexity index is 336. The first-order valence-corrected chi connectivity index (χ1v) is 4.85. The molecule has 2 rings (SSSR count). The smallest absolute Gasteiger partial charge is 0.240 e. The van der Waals surface area contributed by atoms with Crippen molar-refractivity contribution in [1.29, 1.82) is 0 Å². The molecule has 0 radical (unpaired) electrons. The summed E-state index contributed by atoms with van der Waals surface area (Å²) in [4.78, 5) is 13.4. The van der Waals surface area contributed by atoms with Crippen LogP contribution in [0.25, 0.3) is 0 Å². The third-order valence-corrected chi connectivity index (χ3v) is 2.44. The molecule has 0 unspecified atom stereocenters. The van der Waals surface area contributed by atoms with Gasteiger partial charge in [-0.05, 0) is 12.1 Å². The summed E-state index contributed by atoms with van der Waals surface area (Å²) >= 11 is 0. The predicted octanol–water partition coefficient (Wildman–Crippen LogP) is -1.12. The molecule has 1 aliphatic heterocycles. The number of carbonyl (C=O) groups is 1. The van der Waals surface area contributed by atoms with E-state index in [1.165, 1.54) is 5.46 Å². The summed E-state index contributed by atoms with van der Waals surface area (Å²) in [6.07, 6.45) is 0. The highest BCUT2D eigenvalue weighted by molar-refractivity contribution is 6.32. The van der Waals surface area contributed by atoms with Gasteiger partial charge in [0.05, 0.1) is 6.54 Å². The minimum atomic E-state index is 0.153. The number of anilines is 1. The first-order valence-electron chi connectivity index (χ1n) is 4.85. The summed E-state index contributed by atoms with van der Waals surface area (Å²) in [5.74, 6) is 0.153. The second kappa shape index (κ2) is 3.84. The molecule has 1 aromatic carbocycles. The molecule has 1 amide bonds. The van der Waals surface area contributed by atoms with Crippen LogP contribution < -0.4 is 15.7 Å². The molecule has 3 nitrogen and oxygen atoms in total. The molecular formula is C10H13BN2O. The van der Waals surface area contributed by atoms with Gasteiger partial charge in [0, 0.05) is 18.8 Å². The van der Waals surface area contributed by atoms with E-state index >= 15 is 0 Å². The Hall–Kier alpha value is -1.29. The number of nitrogens with zero attached hydrogens (tertiary/aromatic N) is 1. The molecule has 1 aliphatic rings. The first kappa shape index (κ1) is 9.28. The molecule has 72 valence electrons. The van der Waals surface area contributed by atoms with Crippen molar-refractivity contribution in [1.82, 2.24) is 5.32 Å². The van der Waals surface area contributed by atoms with E-state index in [1.807, 2.05) is 37.0 Å². The number of hydrogen-bond donors (Lipinski definition) is 1. The number of nitrogens with one attached hydrogen (secondary N) is 1. The highest BCUT2D eigenvalue weighted by Crippen LogP contribution is 2.12. The maximum absolute atomic E-state index is 11.5. The maximum Gasteiger partial charge on any atom is 0.240 e. The Kier molecular flexibility index (Phi) is 2.54. The van der Waals surface area contributed by atoms with Gasteiger partial charge in [-0.25, -0.2) is 0 Å². The van der Waals surface area contributed by atoms with Gasteiger partial charge in [-0.1, -0.05) is 17.6 Å². The van der Waals surface area contributed by atoms with E-state index < -0.39 is 0 Å². The van der Waals surface area contributed by atoms with E-state index in [0.717, 1.165) is 18.8 Å². The maximum atomic E-state index is 11.5. The van der Waals surface area contributed by atoms with Crippen molar-refractivity contribution in [2.75, 3.05) is 24.5 Å². The summed E-state index contributed by atoms with van der Waals surface area (Å²) < 4.78 is 0. The second-order valence-electron chi connectivity index (χ2n) is 3.56. The average molecular weight is 188 g/mol. The third-order valence-electron chi connectivity index (χ3n) is 2.44. The Morgan fingerprint density at radius 2 is 2.00 bits per heavy atom. The van der Waals surface area contributed by atoms with Crippen molar-refractivity contribution in [2.24, 2.45) is 0 Å². The van der Waals surface area contributed by atoms with E-state index in [1.54, 1.807) is 0 Å². The quantitative estimate of drug-likeness (QED) is 0.566. The molecule has 1 heterocycles. The average Bonchev–Trinajstić information content (AvgIpc) is 2.20. The van der Waals surface area contributed by atoms with Gasteiger partial charge in [0.25, 0.3) is 0 Å². The monoisotopic (exact) mass is 188 g/mol. The summed E-state index contributed by atoms with van der Waals surface area (Å²) in [6, 6.07) is 8.06. The lowest BCUT2D eigenvalue weighted by molar-refractivity contribution is -0.118. The van der Waals surface area contributed by atoms with Crippen LogP contribution in [0.15, 0.2) is 24.3 Å². The molecule has 1 saturated heterocycles. The van der Waals surface area contributed by atoms with Gasteiger partial charge in [0.1, 0.15) is 7.85 Å². The minimum absolute atomic E-state index is 0.153. The molecule has 0 bridgehead atoms. The van der Waals surface area contributed by atoms with E-state index in [0.29, 0.717) is 6.54 Å². The molecule has 0 aliphatic carbocycles. The molecule has 0 spiro atoms. The van der Waals surface area contributed by atoms with Gasteiger partial charge in [-0.15, -0.1) is 0 Å². The van der Waals surface area contributed by atoms with Crippen molar-refractivity contribution in [3.05, 3.63) is 24.3 Å². The zero-order valence-electron chi connectivity index (χ0n) is 8.29. The number of benzene rings is 1. The normalized spacial score (nSPS) is 17.1. The summed E-state index contributed by atoms with van der Waals surface area (Å²) in [5.41, 5.74) is 2.22. The number of amides is 1. The number of rotatable bonds is 1. The van der Waals surface area contributed by atoms with Crippen molar-refractivity contribution in [3.8, 4) is 0 Å². The molecule has 0 saturated carbocycles. The van der Waals surface area contributed by atoms with E-state index in [2.05, 4.69) is 5.32 Å². The van der Waals surface area contributed by atoms with Crippen LogP contribution in [0.3, 0.4) is 0 Å². The Morgan fingerprint density at radius 3 is 2.64 bits per heavy atom.